The molecule has 1 unspecified atom stereocenters. The van der Waals surface area contributed by atoms with Crippen LogP contribution in [0.4, 0.5) is 0 Å². The van der Waals surface area contributed by atoms with Crippen molar-refractivity contribution in [3.63, 3.8) is 0 Å². The minimum atomic E-state index is -0.189. The predicted octanol–water partition coefficient (Wildman–Crippen LogP) is 2.38. The number of likely N-dealkylation sites (tertiary alicyclic amines) is 1. The Labute approximate surface area is 179 Å². The van der Waals surface area contributed by atoms with E-state index >= 15 is 0 Å². The molecule has 0 bridgehead atoms. The Morgan fingerprint density at radius 3 is 2.77 bits per heavy atom. The first kappa shape index (κ1) is 19.3. The third-order valence-corrected chi connectivity index (χ3v) is 5.66. The van der Waals surface area contributed by atoms with Crippen molar-refractivity contribution >= 4 is 5.91 Å². The second-order valence-electron chi connectivity index (χ2n) is 7.60. The van der Waals surface area contributed by atoms with Crippen LogP contribution in [0.5, 0.6) is 11.5 Å². The Hall–Kier alpha value is -3.68. The van der Waals surface area contributed by atoms with Crippen molar-refractivity contribution in [2.75, 3.05) is 19.8 Å². The molecule has 1 aromatic carbocycles. The van der Waals surface area contributed by atoms with Gasteiger partial charge in [0.2, 0.25) is 0 Å². The van der Waals surface area contributed by atoms with Crippen LogP contribution in [0, 0.1) is 0 Å². The van der Waals surface area contributed by atoms with E-state index in [2.05, 4.69) is 10.1 Å². The smallest absolute Gasteiger partial charge is 0.266 e. The summed E-state index contributed by atoms with van der Waals surface area (Å²) in [5, 5.41) is 4.54. The molecule has 0 aliphatic carbocycles. The normalized spacial score (nSPS) is 17.5. The Balaban J connectivity index is 1.41. The fourth-order valence-electron chi connectivity index (χ4n) is 4.15. The molecule has 8 nitrogen and oxygen atoms in total. The highest BCUT2D eigenvalue weighted by Gasteiger charge is 2.33. The summed E-state index contributed by atoms with van der Waals surface area (Å²) in [5.41, 5.74) is 1.89. The second-order valence-corrected chi connectivity index (χ2v) is 7.60. The quantitative estimate of drug-likeness (QED) is 0.647. The molecule has 0 radical (unpaired) electrons. The summed E-state index contributed by atoms with van der Waals surface area (Å²) in [6.45, 7) is 1.86. The number of fused-ring (bicyclic) bond motifs is 1. The van der Waals surface area contributed by atoms with Gasteiger partial charge in [-0.25, -0.2) is 4.68 Å². The molecule has 1 fully saturated rings. The number of ether oxygens (including phenoxy) is 2. The van der Waals surface area contributed by atoms with Crippen LogP contribution >= 0.6 is 0 Å². The molecule has 2 aliphatic heterocycles. The Bertz CT molecular complexity index is 1160. The zero-order valence-corrected chi connectivity index (χ0v) is 16.9. The number of rotatable bonds is 4. The van der Waals surface area contributed by atoms with Gasteiger partial charge in [0.15, 0.2) is 11.5 Å². The molecule has 1 amide bonds. The molecule has 1 atom stereocenters. The van der Waals surface area contributed by atoms with Gasteiger partial charge >= 0.3 is 0 Å². The minimum absolute atomic E-state index is 0.108. The SMILES string of the molecule is O=C(c1cccc2c1OCCO2)N1CCCC1Cn1nc(-c2ccncc2)ccc1=O. The lowest BCUT2D eigenvalue weighted by molar-refractivity contribution is 0.0710. The van der Waals surface area contributed by atoms with Crippen LogP contribution in [0.1, 0.15) is 23.2 Å². The fourth-order valence-corrected chi connectivity index (χ4v) is 4.15. The molecule has 0 N–H and O–H groups in total. The van der Waals surface area contributed by atoms with E-state index in [1.807, 2.05) is 17.0 Å². The monoisotopic (exact) mass is 418 g/mol. The Morgan fingerprint density at radius 1 is 1.06 bits per heavy atom. The van der Waals surface area contributed by atoms with Crippen molar-refractivity contribution in [2.24, 2.45) is 0 Å². The first-order valence-corrected chi connectivity index (χ1v) is 10.4. The number of amides is 1. The summed E-state index contributed by atoms with van der Waals surface area (Å²) in [7, 11) is 0. The summed E-state index contributed by atoms with van der Waals surface area (Å²) >= 11 is 0. The third kappa shape index (κ3) is 3.76. The van der Waals surface area contributed by atoms with Gasteiger partial charge in [-0.1, -0.05) is 6.07 Å². The van der Waals surface area contributed by atoms with Crippen molar-refractivity contribution in [3.8, 4) is 22.8 Å². The van der Waals surface area contributed by atoms with E-state index in [9.17, 15) is 9.59 Å². The van der Waals surface area contributed by atoms with Gasteiger partial charge in [0, 0.05) is 30.6 Å². The fraction of sp³-hybridized carbons (Fsp3) is 0.304. The average Bonchev–Trinajstić information content (AvgIpc) is 3.28. The maximum atomic E-state index is 13.4. The van der Waals surface area contributed by atoms with Gasteiger partial charge in [0.25, 0.3) is 11.5 Å². The second kappa shape index (κ2) is 8.22. The first-order chi connectivity index (χ1) is 15.2. The molecule has 158 valence electrons. The lowest BCUT2D eigenvalue weighted by Gasteiger charge is -2.27. The largest absolute Gasteiger partial charge is 0.486 e. The summed E-state index contributed by atoms with van der Waals surface area (Å²) in [6.07, 6.45) is 5.07. The van der Waals surface area contributed by atoms with Crippen LogP contribution in [0.15, 0.2) is 59.7 Å². The minimum Gasteiger partial charge on any atom is -0.486 e. The summed E-state index contributed by atoms with van der Waals surface area (Å²) in [6, 6.07) is 12.2. The molecular weight excluding hydrogens is 396 g/mol. The topological polar surface area (TPSA) is 86.6 Å². The van der Waals surface area contributed by atoms with E-state index < -0.39 is 0 Å². The van der Waals surface area contributed by atoms with Crippen molar-refractivity contribution in [1.29, 1.82) is 0 Å². The highest BCUT2D eigenvalue weighted by Crippen LogP contribution is 2.35. The Kier molecular flexibility index (Phi) is 5.11. The summed E-state index contributed by atoms with van der Waals surface area (Å²) < 4.78 is 12.8. The molecule has 0 spiro atoms. The van der Waals surface area contributed by atoms with Crippen LogP contribution in [0.25, 0.3) is 11.3 Å². The molecule has 5 rings (SSSR count). The van der Waals surface area contributed by atoms with E-state index in [1.165, 1.54) is 10.7 Å². The highest BCUT2D eigenvalue weighted by atomic mass is 16.6. The lowest BCUT2D eigenvalue weighted by atomic mass is 10.1. The molecule has 3 aromatic rings. The van der Waals surface area contributed by atoms with E-state index in [0.717, 1.165) is 18.4 Å². The highest BCUT2D eigenvalue weighted by molar-refractivity contribution is 5.98. The number of aromatic nitrogens is 3. The summed E-state index contributed by atoms with van der Waals surface area (Å²) in [4.78, 5) is 31.7. The number of hydrogen-bond acceptors (Lipinski definition) is 6. The van der Waals surface area contributed by atoms with Crippen LogP contribution in [-0.4, -0.2) is 51.4 Å². The molecule has 2 aromatic heterocycles. The van der Waals surface area contributed by atoms with Crippen molar-refractivity contribution in [2.45, 2.75) is 25.4 Å². The van der Waals surface area contributed by atoms with Gasteiger partial charge in [-0.05, 0) is 43.2 Å². The molecular formula is C23H22N4O4. The van der Waals surface area contributed by atoms with E-state index in [-0.39, 0.29) is 17.5 Å². The van der Waals surface area contributed by atoms with Crippen LogP contribution < -0.4 is 15.0 Å². The van der Waals surface area contributed by atoms with Gasteiger partial charge in [0.1, 0.15) is 13.2 Å². The van der Waals surface area contributed by atoms with Crippen LogP contribution in [0.3, 0.4) is 0 Å². The number of carbonyl (C=O) groups is 1. The van der Waals surface area contributed by atoms with Crippen LogP contribution in [-0.2, 0) is 6.54 Å². The molecule has 4 heterocycles. The average molecular weight is 418 g/mol. The van der Waals surface area contributed by atoms with Crippen molar-refractivity contribution < 1.29 is 14.3 Å². The standard InChI is InChI=1S/C23H22N4O4/c28-21-7-6-19(16-8-10-24-11-9-16)25-27(21)15-17-3-2-12-26(17)23(29)18-4-1-5-20-22(18)31-14-13-30-20/h1,4-11,17H,2-3,12-15H2. The summed E-state index contributed by atoms with van der Waals surface area (Å²) in [5.74, 6) is 0.985. The molecule has 31 heavy (non-hydrogen) atoms. The lowest BCUT2D eigenvalue weighted by Crippen LogP contribution is -2.40. The maximum absolute atomic E-state index is 13.4. The number of para-hydroxylation sites is 1. The molecule has 2 aliphatic rings. The van der Waals surface area contributed by atoms with Crippen LogP contribution in [0.2, 0.25) is 0 Å². The van der Waals surface area contributed by atoms with E-state index in [0.29, 0.717) is 49.1 Å². The van der Waals surface area contributed by atoms with Gasteiger partial charge in [-0.3, -0.25) is 14.6 Å². The van der Waals surface area contributed by atoms with Crippen molar-refractivity contribution in [3.05, 3.63) is 70.8 Å². The number of benzene rings is 1. The third-order valence-electron chi connectivity index (χ3n) is 5.66. The molecule has 0 saturated carbocycles. The number of carbonyl (C=O) groups excluding carboxylic acids is 1. The number of nitrogens with zero attached hydrogens (tertiary/aromatic N) is 4. The van der Waals surface area contributed by atoms with E-state index in [1.54, 1.807) is 36.7 Å². The maximum Gasteiger partial charge on any atom is 0.266 e. The Morgan fingerprint density at radius 2 is 1.90 bits per heavy atom. The molecule has 1 saturated heterocycles. The number of pyridine rings is 1. The van der Waals surface area contributed by atoms with Gasteiger partial charge in [0.05, 0.1) is 23.8 Å². The van der Waals surface area contributed by atoms with Crippen molar-refractivity contribution in [1.82, 2.24) is 19.7 Å². The zero-order chi connectivity index (χ0) is 21.2. The van der Waals surface area contributed by atoms with E-state index in [4.69, 9.17) is 9.47 Å². The van der Waals surface area contributed by atoms with Gasteiger partial charge < -0.3 is 14.4 Å². The predicted molar refractivity (Wildman–Crippen MR) is 113 cm³/mol. The van der Waals surface area contributed by atoms with Gasteiger partial charge in [-0.15, -0.1) is 0 Å². The first-order valence-electron chi connectivity index (χ1n) is 10.4. The number of hydrogen-bond donors (Lipinski definition) is 0. The zero-order valence-electron chi connectivity index (χ0n) is 16.9. The molecule has 8 heteroatoms. The van der Waals surface area contributed by atoms with Gasteiger partial charge in [-0.2, -0.15) is 5.10 Å².